The van der Waals surface area contributed by atoms with Crippen LogP contribution in [-0.2, 0) is 15.9 Å². The number of carbonyl (C=O) groups excluding carboxylic acids is 1. The second-order valence-electron chi connectivity index (χ2n) is 5.87. The molecule has 0 fully saturated rings. The zero-order valence-corrected chi connectivity index (χ0v) is 14.9. The van der Waals surface area contributed by atoms with E-state index in [1.807, 2.05) is 12.1 Å². The molecule has 10 heteroatoms. The minimum Gasteiger partial charge on any atom is -0.350 e. The number of anilines is 2. The van der Waals surface area contributed by atoms with Gasteiger partial charge < -0.3 is 9.47 Å². The van der Waals surface area contributed by atoms with Gasteiger partial charge in [-0.25, -0.2) is 14.8 Å². The van der Waals surface area contributed by atoms with Crippen LogP contribution in [0.1, 0.15) is 24.0 Å². The van der Waals surface area contributed by atoms with Gasteiger partial charge in [-0.05, 0) is 30.5 Å². The summed E-state index contributed by atoms with van der Waals surface area (Å²) in [6, 6.07) is 5.98. The van der Waals surface area contributed by atoms with Gasteiger partial charge in [0.1, 0.15) is 17.8 Å². The Bertz CT molecular complexity index is 838. The Hall–Kier alpha value is -3.11. The minimum absolute atomic E-state index is 0.146. The Morgan fingerprint density at radius 2 is 2.07 bits per heavy atom. The van der Waals surface area contributed by atoms with Gasteiger partial charge in [-0.1, -0.05) is 6.07 Å². The number of pyridine rings is 2. The van der Waals surface area contributed by atoms with Crippen LogP contribution in [0.5, 0.6) is 0 Å². The predicted octanol–water partition coefficient (Wildman–Crippen LogP) is 2.66. The van der Waals surface area contributed by atoms with Crippen LogP contribution in [0.2, 0.25) is 0 Å². The normalized spacial score (nSPS) is 13.4. The first-order valence-electron chi connectivity index (χ1n) is 8.28. The number of hydrogen-bond donors (Lipinski definition) is 1. The van der Waals surface area contributed by atoms with E-state index in [2.05, 4.69) is 15.3 Å². The van der Waals surface area contributed by atoms with Crippen molar-refractivity contribution in [2.75, 3.05) is 31.0 Å². The van der Waals surface area contributed by atoms with Crippen molar-refractivity contribution < 1.29 is 19.2 Å². The molecule has 0 aliphatic carbocycles. The maximum Gasteiger partial charge on any atom is 0.328 e. The van der Waals surface area contributed by atoms with Crippen LogP contribution in [0.3, 0.4) is 0 Å². The van der Waals surface area contributed by atoms with Crippen LogP contribution in [0.4, 0.5) is 22.1 Å². The number of ether oxygens (including phenoxy) is 2. The third-order valence-corrected chi connectivity index (χ3v) is 4.17. The molecule has 142 valence electrons. The quantitative estimate of drug-likeness (QED) is 0.486. The molecule has 0 aromatic carbocycles. The maximum absolute atomic E-state index is 12.7. The van der Waals surface area contributed by atoms with Crippen LogP contribution < -0.4 is 10.2 Å². The number of hydrogen-bond acceptors (Lipinski definition) is 7. The summed E-state index contributed by atoms with van der Waals surface area (Å²) in [6.07, 6.45) is 2.08. The van der Waals surface area contributed by atoms with E-state index < -0.39 is 17.2 Å². The summed E-state index contributed by atoms with van der Waals surface area (Å²) in [7, 11) is 3.03. The molecule has 0 bridgehead atoms. The molecule has 3 rings (SSSR count). The lowest BCUT2D eigenvalue weighted by molar-refractivity contribution is -0.385. The third-order valence-electron chi connectivity index (χ3n) is 4.17. The fourth-order valence-electron chi connectivity index (χ4n) is 2.87. The van der Waals surface area contributed by atoms with Crippen molar-refractivity contribution in [2.45, 2.75) is 19.1 Å². The lowest BCUT2D eigenvalue weighted by Gasteiger charge is -2.29. The van der Waals surface area contributed by atoms with Crippen molar-refractivity contribution in [1.29, 1.82) is 0 Å². The van der Waals surface area contributed by atoms with E-state index >= 15 is 0 Å². The number of carbonyl (C=O) groups is 1. The van der Waals surface area contributed by atoms with Gasteiger partial charge in [0.2, 0.25) is 6.29 Å². The molecule has 0 unspecified atom stereocenters. The van der Waals surface area contributed by atoms with E-state index in [-0.39, 0.29) is 11.5 Å². The molecular formula is C17H19N5O5. The minimum atomic E-state index is -0.626. The Kier molecular flexibility index (Phi) is 5.57. The first-order valence-corrected chi connectivity index (χ1v) is 8.28. The number of aryl methyl sites for hydroxylation is 1. The second kappa shape index (κ2) is 8.06. The van der Waals surface area contributed by atoms with E-state index in [1.165, 1.54) is 31.3 Å². The lowest BCUT2D eigenvalue weighted by Crippen LogP contribution is -2.39. The zero-order chi connectivity index (χ0) is 19.4. The summed E-state index contributed by atoms with van der Waals surface area (Å²) in [5.41, 5.74) is 1.36. The number of aromatic nitrogens is 2. The maximum atomic E-state index is 12.7. The van der Waals surface area contributed by atoms with Crippen LogP contribution in [-0.4, -0.2) is 41.7 Å². The summed E-state index contributed by atoms with van der Waals surface area (Å²) in [4.78, 5) is 32.8. The molecule has 27 heavy (non-hydrogen) atoms. The number of methoxy groups -OCH3 is 2. The Morgan fingerprint density at radius 1 is 1.30 bits per heavy atom. The van der Waals surface area contributed by atoms with E-state index in [4.69, 9.17) is 9.47 Å². The van der Waals surface area contributed by atoms with Crippen molar-refractivity contribution >= 4 is 23.4 Å². The molecule has 2 aromatic rings. The Morgan fingerprint density at radius 3 is 2.70 bits per heavy atom. The van der Waals surface area contributed by atoms with Crippen LogP contribution in [0, 0.1) is 10.1 Å². The van der Waals surface area contributed by atoms with E-state index in [1.54, 1.807) is 0 Å². The first kappa shape index (κ1) is 18.7. The number of urea groups is 1. The Balaban J connectivity index is 1.82. The number of nitrogens with zero attached hydrogens (tertiary/aromatic N) is 4. The average Bonchev–Trinajstić information content (AvgIpc) is 2.68. The lowest BCUT2D eigenvalue weighted by atomic mass is 10.1. The number of nitrogens with one attached hydrogen (secondary N) is 1. The highest BCUT2D eigenvalue weighted by atomic mass is 16.7. The number of nitro groups is 1. The van der Waals surface area contributed by atoms with Crippen molar-refractivity contribution in [2.24, 2.45) is 0 Å². The molecule has 1 aliphatic rings. The highest BCUT2D eigenvalue weighted by molar-refractivity contribution is 6.01. The smallest absolute Gasteiger partial charge is 0.328 e. The molecule has 2 amide bonds. The molecule has 0 saturated carbocycles. The van der Waals surface area contributed by atoms with Crippen molar-refractivity contribution in [1.82, 2.24) is 9.97 Å². The van der Waals surface area contributed by atoms with Crippen LogP contribution in [0.25, 0.3) is 0 Å². The van der Waals surface area contributed by atoms with Gasteiger partial charge in [-0.3, -0.25) is 20.3 Å². The highest BCUT2D eigenvalue weighted by Crippen LogP contribution is 2.28. The molecule has 2 aromatic heterocycles. The van der Waals surface area contributed by atoms with E-state index in [0.29, 0.717) is 18.1 Å². The van der Waals surface area contributed by atoms with E-state index in [0.717, 1.165) is 24.6 Å². The SMILES string of the molecule is COC(OC)c1ccc2c(n1)N(C(=O)Nc1ccc([N+](=O)[O-])cn1)CCC2. The third kappa shape index (κ3) is 4.01. The van der Waals surface area contributed by atoms with Gasteiger partial charge in [0.15, 0.2) is 0 Å². The van der Waals surface area contributed by atoms with Gasteiger partial charge >= 0.3 is 6.03 Å². The largest absolute Gasteiger partial charge is 0.350 e. The number of rotatable bonds is 5. The monoisotopic (exact) mass is 373 g/mol. The average molecular weight is 373 g/mol. The summed E-state index contributed by atoms with van der Waals surface area (Å²) < 4.78 is 10.5. The van der Waals surface area contributed by atoms with Crippen LogP contribution in [0.15, 0.2) is 30.5 Å². The molecule has 1 N–H and O–H groups in total. The van der Waals surface area contributed by atoms with E-state index in [9.17, 15) is 14.9 Å². The summed E-state index contributed by atoms with van der Waals surface area (Å²) in [6.45, 7) is 0.493. The van der Waals surface area contributed by atoms with Gasteiger partial charge in [-0.15, -0.1) is 0 Å². The predicted molar refractivity (Wildman–Crippen MR) is 96.6 cm³/mol. The number of amides is 2. The summed E-state index contributed by atoms with van der Waals surface area (Å²) >= 11 is 0. The van der Waals surface area contributed by atoms with Crippen molar-refractivity contribution in [3.63, 3.8) is 0 Å². The molecule has 0 saturated heterocycles. The zero-order valence-electron chi connectivity index (χ0n) is 14.9. The molecule has 0 atom stereocenters. The molecule has 10 nitrogen and oxygen atoms in total. The summed E-state index contributed by atoms with van der Waals surface area (Å²) in [5, 5.41) is 13.3. The van der Waals surface area contributed by atoms with Gasteiger partial charge in [0.25, 0.3) is 5.69 Å². The van der Waals surface area contributed by atoms with Crippen molar-refractivity contribution in [3.8, 4) is 0 Å². The molecular weight excluding hydrogens is 354 g/mol. The summed E-state index contributed by atoms with van der Waals surface area (Å²) in [5.74, 6) is 0.762. The van der Waals surface area contributed by atoms with Gasteiger partial charge in [0.05, 0.1) is 10.6 Å². The molecule has 0 spiro atoms. The number of fused-ring (bicyclic) bond motifs is 1. The standard InChI is InChI=1S/C17H19N5O5/c1-26-16(27-2)13-7-5-11-4-3-9-21(15(11)19-13)17(23)20-14-8-6-12(10-18-14)22(24)25/h5-8,10,16H,3-4,9H2,1-2H3,(H,18,20,23). The Labute approximate surface area is 155 Å². The van der Waals surface area contributed by atoms with Crippen LogP contribution >= 0.6 is 0 Å². The first-order chi connectivity index (χ1) is 13.0. The second-order valence-corrected chi connectivity index (χ2v) is 5.87. The van der Waals surface area contributed by atoms with Crippen molar-refractivity contribution in [3.05, 3.63) is 51.8 Å². The molecule has 3 heterocycles. The highest BCUT2D eigenvalue weighted by Gasteiger charge is 2.26. The van der Waals surface area contributed by atoms with Gasteiger partial charge in [-0.2, -0.15) is 0 Å². The topological polar surface area (TPSA) is 120 Å². The molecule has 1 aliphatic heterocycles. The van der Waals surface area contributed by atoms with Gasteiger partial charge in [0, 0.05) is 26.8 Å². The molecule has 0 radical (unpaired) electrons. The fourth-order valence-corrected chi connectivity index (χ4v) is 2.87. The fraction of sp³-hybridized carbons (Fsp3) is 0.353.